The number of carbonyl (C=O) groups is 1. The summed E-state index contributed by atoms with van der Waals surface area (Å²) in [6.07, 6.45) is 0.511. The van der Waals surface area contributed by atoms with E-state index in [1.165, 1.54) is 5.56 Å². The Morgan fingerprint density at radius 1 is 1.29 bits per heavy atom. The Labute approximate surface area is 126 Å². The number of aromatic nitrogens is 2. The van der Waals surface area contributed by atoms with Crippen LogP contribution in [-0.2, 0) is 4.79 Å². The Kier molecular flexibility index (Phi) is 4.46. The molecule has 0 aliphatic carbocycles. The van der Waals surface area contributed by atoms with Crippen LogP contribution < -0.4 is 5.32 Å². The van der Waals surface area contributed by atoms with Crippen molar-refractivity contribution in [2.45, 2.75) is 41.0 Å². The molecule has 21 heavy (non-hydrogen) atoms. The zero-order valence-corrected chi connectivity index (χ0v) is 13.4. The second-order valence-corrected chi connectivity index (χ2v) is 6.04. The molecule has 4 heteroatoms. The number of H-pyrrole nitrogens is 1. The highest BCUT2D eigenvalue weighted by atomic mass is 16.1. The summed E-state index contributed by atoms with van der Waals surface area (Å²) in [6, 6.07) is 6.24. The SMILES string of the molecule is Cc1ccc(-c2n[nH]c(C)c2NC(=O)CC(C)C)c(C)c1. The van der Waals surface area contributed by atoms with Crippen molar-refractivity contribution in [3.63, 3.8) is 0 Å². The Morgan fingerprint density at radius 3 is 2.62 bits per heavy atom. The van der Waals surface area contributed by atoms with Gasteiger partial charge in [0.2, 0.25) is 5.91 Å². The molecular weight excluding hydrogens is 262 g/mol. The molecule has 112 valence electrons. The van der Waals surface area contributed by atoms with Crippen LogP contribution in [0.3, 0.4) is 0 Å². The minimum Gasteiger partial charge on any atom is -0.323 e. The third-order valence-electron chi connectivity index (χ3n) is 3.44. The third kappa shape index (κ3) is 3.51. The first-order valence-electron chi connectivity index (χ1n) is 7.31. The van der Waals surface area contributed by atoms with Gasteiger partial charge in [-0.1, -0.05) is 37.6 Å². The molecule has 2 aromatic rings. The summed E-state index contributed by atoms with van der Waals surface area (Å²) in [5.74, 6) is 0.363. The molecule has 0 spiro atoms. The summed E-state index contributed by atoms with van der Waals surface area (Å²) in [6.45, 7) is 10.1. The lowest BCUT2D eigenvalue weighted by Crippen LogP contribution is -2.14. The third-order valence-corrected chi connectivity index (χ3v) is 3.44. The van der Waals surface area contributed by atoms with Gasteiger partial charge in [0.25, 0.3) is 0 Å². The van der Waals surface area contributed by atoms with Crippen molar-refractivity contribution >= 4 is 11.6 Å². The van der Waals surface area contributed by atoms with Gasteiger partial charge >= 0.3 is 0 Å². The molecule has 2 rings (SSSR count). The summed E-state index contributed by atoms with van der Waals surface area (Å²) < 4.78 is 0. The van der Waals surface area contributed by atoms with Gasteiger partial charge in [-0.05, 0) is 32.3 Å². The van der Waals surface area contributed by atoms with Crippen LogP contribution in [0, 0.1) is 26.7 Å². The molecule has 0 saturated heterocycles. The van der Waals surface area contributed by atoms with Gasteiger partial charge in [0.05, 0.1) is 11.4 Å². The Morgan fingerprint density at radius 2 is 2.00 bits per heavy atom. The van der Waals surface area contributed by atoms with Crippen LogP contribution in [0.15, 0.2) is 18.2 Å². The summed E-state index contributed by atoms with van der Waals surface area (Å²) in [5, 5.41) is 10.3. The van der Waals surface area contributed by atoms with E-state index < -0.39 is 0 Å². The molecular formula is C17H23N3O. The van der Waals surface area contributed by atoms with E-state index in [1.807, 2.05) is 20.8 Å². The van der Waals surface area contributed by atoms with Crippen molar-refractivity contribution in [2.75, 3.05) is 5.32 Å². The predicted molar refractivity (Wildman–Crippen MR) is 86.3 cm³/mol. The number of hydrogen-bond acceptors (Lipinski definition) is 2. The molecule has 1 heterocycles. The molecule has 0 atom stereocenters. The minimum absolute atomic E-state index is 0.0283. The highest BCUT2D eigenvalue weighted by Gasteiger charge is 2.16. The van der Waals surface area contributed by atoms with Crippen LogP contribution in [0.1, 0.15) is 37.1 Å². The van der Waals surface area contributed by atoms with Gasteiger partial charge in [-0.25, -0.2) is 0 Å². The monoisotopic (exact) mass is 285 g/mol. The fourth-order valence-electron chi connectivity index (χ4n) is 2.42. The van der Waals surface area contributed by atoms with Gasteiger partial charge in [-0.3, -0.25) is 9.89 Å². The zero-order chi connectivity index (χ0) is 15.6. The number of aromatic amines is 1. The first-order valence-corrected chi connectivity index (χ1v) is 7.31. The van der Waals surface area contributed by atoms with E-state index in [1.54, 1.807) is 0 Å². The quantitative estimate of drug-likeness (QED) is 0.892. The molecule has 0 aliphatic heterocycles. The first-order chi connectivity index (χ1) is 9.88. The largest absolute Gasteiger partial charge is 0.323 e. The second kappa shape index (κ2) is 6.12. The van der Waals surface area contributed by atoms with E-state index in [4.69, 9.17) is 0 Å². The normalized spacial score (nSPS) is 11.0. The maximum Gasteiger partial charge on any atom is 0.224 e. The lowest BCUT2D eigenvalue weighted by atomic mass is 10.0. The molecule has 2 N–H and O–H groups in total. The average Bonchev–Trinajstić information content (AvgIpc) is 2.70. The minimum atomic E-state index is 0.0283. The molecule has 4 nitrogen and oxygen atoms in total. The van der Waals surface area contributed by atoms with E-state index in [0.29, 0.717) is 12.3 Å². The smallest absolute Gasteiger partial charge is 0.224 e. The molecule has 0 fully saturated rings. The van der Waals surface area contributed by atoms with Crippen molar-refractivity contribution in [3.05, 3.63) is 35.0 Å². The maximum atomic E-state index is 12.0. The van der Waals surface area contributed by atoms with E-state index in [9.17, 15) is 4.79 Å². The number of nitrogens with zero attached hydrogens (tertiary/aromatic N) is 1. The first kappa shape index (κ1) is 15.3. The van der Waals surface area contributed by atoms with Crippen molar-refractivity contribution < 1.29 is 4.79 Å². The van der Waals surface area contributed by atoms with Crippen LogP contribution in [0.4, 0.5) is 5.69 Å². The van der Waals surface area contributed by atoms with Gasteiger partial charge in [0.15, 0.2) is 0 Å². The number of benzene rings is 1. The molecule has 0 radical (unpaired) electrons. The lowest BCUT2D eigenvalue weighted by Gasteiger charge is -2.10. The number of rotatable bonds is 4. The summed E-state index contributed by atoms with van der Waals surface area (Å²) in [7, 11) is 0. The number of carbonyl (C=O) groups excluding carboxylic acids is 1. The Balaban J connectivity index is 2.36. The number of hydrogen-bond donors (Lipinski definition) is 2. The van der Waals surface area contributed by atoms with Gasteiger partial charge in [0, 0.05) is 12.0 Å². The second-order valence-electron chi connectivity index (χ2n) is 6.04. The van der Waals surface area contributed by atoms with Crippen LogP contribution >= 0.6 is 0 Å². The van der Waals surface area contributed by atoms with Crippen molar-refractivity contribution in [3.8, 4) is 11.3 Å². The molecule has 1 aromatic heterocycles. The standard InChI is InChI=1S/C17H23N3O/c1-10(2)8-15(21)18-16-13(5)19-20-17(16)14-7-6-11(3)9-12(14)4/h6-7,9-10H,8H2,1-5H3,(H,18,21)(H,19,20). The molecule has 1 aromatic carbocycles. The van der Waals surface area contributed by atoms with E-state index >= 15 is 0 Å². The molecule has 0 aliphatic rings. The lowest BCUT2D eigenvalue weighted by molar-refractivity contribution is -0.116. The van der Waals surface area contributed by atoms with Crippen LogP contribution in [-0.4, -0.2) is 16.1 Å². The molecule has 0 saturated carbocycles. The highest BCUT2D eigenvalue weighted by Crippen LogP contribution is 2.31. The van der Waals surface area contributed by atoms with Crippen LogP contribution in [0.5, 0.6) is 0 Å². The Hall–Kier alpha value is -2.10. The summed E-state index contributed by atoms with van der Waals surface area (Å²) in [4.78, 5) is 12.0. The molecule has 0 unspecified atom stereocenters. The van der Waals surface area contributed by atoms with E-state index in [2.05, 4.69) is 47.6 Å². The van der Waals surface area contributed by atoms with Crippen LogP contribution in [0.25, 0.3) is 11.3 Å². The Bertz CT molecular complexity index is 656. The fourth-order valence-corrected chi connectivity index (χ4v) is 2.42. The summed E-state index contributed by atoms with van der Waals surface area (Å²) in [5.41, 5.74) is 5.89. The van der Waals surface area contributed by atoms with Crippen molar-refractivity contribution in [2.24, 2.45) is 5.92 Å². The summed E-state index contributed by atoms with van der Waals surface area (Å²) >= 11 is 0. The molecule has 0 bridgehead atoms. The number of anilines is 1. The van der Waals surface area contributed by atoms with Crippen molar-refractivity contribution in [1.82, 2.24) is 10.2 Å². The molecule has 1 amide bonds. The predicted octanol–water partition coefficient (Wildman–Crippen LogP) is 3.99. The topological polar surface area (TPSA) is 57.8 Å². The van der Waals surface area contributed by atoms with E-state index in [-0.39, 0.29) is 5.91 Å². The maximum absolute atomic E-state index is 12.0. The number of aryl methyl sites for hydroxylation is 3. The van der Waals surface area contributed by atoms with Gasteiger partial charge in [0.1, 0.15) is 5.69 Å². The number of amides is 1. The highest BCUT2D eigenvalue weighted by molar-refractivity contribution is 5.95. The van der Waals surface area contributed by atoms with Gasteiger partial charge in [-0.15, -0.1) is 0 Å². The fraction of sp³-hybridized carbons (Fsp3) is 0.412. The average molecular weight is 285 g/mol. The van der Waals surface area contributed by atoms with Crippen LogP contribution in [0.2, 0.25) is 0 Å². The van der Waals surface area contributed by atoms with Gasteiger partial charge < -0.3 is 5.32 Å². The van der Waals surface area contributed by atoms with Gasteiger partial charge in [-0.2, -0.15) is 5.10 Å². The zero-order valence-electron chi connectivity index (χ0n) is 13.4. The number of nitrogens with one attached hydrogen (secondary N) is 2. The van der Waals surface area contributed by atoms with E-state index in [0.717, 1.165) is 28.2 Å². The van der Waals surface area contributed by atoms with Crippen molar-refractivity contribution in [1.29, 1.82) is 0 Å².